The molecule has 0 fully saturated rings. The number of amides is 2. The van der Waals surface area contributed by atoms with Gasteiger partial charge in [-0.3, -0.25) is 9.59 Å². The number of para-hydroxylation sites is 2. The molecule has 6 heteroatoms. The molecule has 0 radical (unpaired) electrons. The number of H-pyrrole nitrogens is 1. The lowest BCUT2D eigenvalue weighted by Gasteiger charge is -2.30. The molecule has 5 rings (SSSR count). The highest BCUT2D eigenvalue weighted by Crippen LogP contribution is 2.23. The summed E-state index contributed by atoms with van der Waals surface area (Å²) in [6.45, 7) is 4.77. The SMILES string of the molecule is COc1ccccc1CN(CCc1c[nH]c2ccccc12)C(=O)CN(C(=O)c1ccc(-c2ccccc2)cc1)C(C)C. The maximum Gasteiger partial charge on any atom is 0.254 e. The molecule has 0 unspecified atom stereocenters. The number of hydrogen-bond acceptors (Lipinski definition) is 3. The number of carbonyl (C=O) groups is 2. The quantitative estimate of drug-likeness (QED) is 0.190. The molecule has 214 valence electrons. The molecule has 4 aromatic carbocycles. The zero-order valence-electron chi connectivity index (χ0n) is 24.4. The molecular weight excluding hydrogens is 522 g/mol. The van der Waals surface area contributed by atoms with Gasteiger partial charge in [-0.25, -0.2) is 0 Å². The van der Waals surface area contributed by atoms with Gasteiger partial charge in [-0.05, 0) is 61.2 Å². The number of nitrogens with zero attached hydrogens (tertiary/aromatic N) is 2. The lowest BCUT2D eigenvalue weighted by molar-refractivity contribution is -0.132. The van der Waals surface area contributed by atoms with E-state index >= 15 is 0 Å². The number of ether oxygens (including phenoxy) is 1. The summed E-state index contributed by atoms with van der Waals surface area (Å²) in [5.74, 6) is 0.466. The Morgan fingerprint density at radius 3 is 2.19 bits per heavy atom. The summed E-state index contributed by atoms with van der Waals surface area (Å²) in [4.78, 5) is 34.4. The number of hydrogen-bond donors (Lipinski definition) is 1. The minimum Gasteiger partial charge on any atom is -0.496 e. The van der Waals surface area contributed by atoms with Crippen LogP contribution in [-0.2, 0) is 17.8 Å². The number of benzene rings is 4. The number of fused-ring (bicyclic) bond motifs is 1. The van der Waals surface area contributed by atoms with Crippen LogP contribution in [0.4, 0.5) is 0 Å². The normalized spacial score (nSPS) is 11.0. The Morgan fingerprint density at radius 2 is 1.45 bits per heavy atom. The molecule has 0 aliphatic rings. The third-order valence-corrected chi connectivity index (χ3v) is 7.66. The van der Waals surface area contributed by atoms with Crippen molar-refractivity contribution in [2.45, 2.75) is 32.9 Å². The zero-order chi connectivity index (χ0) is 29.5. The minimum atomic E-state index is -0.160. The lowest BCUT2D eigenvalue weighted by atomic mass is 10.0. The Hall–Kier alpha value is -4.84. The second-order valence-electron chi connectivity index (χ2n) is 10.7. The smallest absolute Gasteiger partial charge is 0.254 e. The van der Waals surface area contributed by atoms with Crippen molar-refractivity contribution in [2.75, 3.05) is 20.2 Å². The van der Waals surface area contributed by atoms with Gasteiger partial charge in [-0.15, -0.1) is 0 Å². The van der Waals surface area contributed by atoms with Crippen LogP contribution in [0, 0.1) is 0 Å². The van der Waals surface area contributed by atoms with Gasteiger partial charge in [0.1, 0.15) is 12.3 Å². The molecule has 42 heavy (non-hydrogen) atoms. The van der Waals surface area contributed by atoms with Crippen LogP contribution in [0.3, 0.4) is 0 Å². The largest absolute Gasteiger partial charge is 0.496 e. The number of aromatic nitrogens is 1. The number of rotatable bonds is 11. The van der Waals surface area contributed by atoms with Crippen molar-refractivity contribution in [1.82, 2.24) is 14.8 Å². The van der Waals surface area contributed by atoms with Gasteiger partial charge in [-0.1, -0.05) is 78.9 Å². The van der Waals surface area contributed by atoms with Crippen molar-refractivity contribution in [1.29, 1.82) is 0 Å². The van der Waals surface area contributed by atoms with E-state index in [9.17, 15) is 9.59 Å². The molecule has 6 nitrogen and oxygen atoms in total. The second-order valence-corrected chi connectivity index (χ2v) is 10.7. The highest BCUT2D eigenvalue weighted by molar-refractivity contribution is 5.97. The minimum absolute atomic E-state index is 0.0139. The van der Waals surface area contributed by atoms with Crippen LogP contribution in [0.2, 0.25) is 0 Å². The van der Waals surface area contributed by atoms with Crippen LogP contribution in [-0.4, -0.2) is 52.8 Å². The molecule has 1 N–H and O–H groups in total. The maximum atomic E-state index is 13.9. The summed E-state index contributed by atoms with van der Waals surface area (Å²) in [5, 5.41) is 1.15. The Labute approximate surface area is 247 Å². The Kier molecular flexibility index (Phi) is 9.02. The van der Waals surface area contributed by atoms with Crippen LogP contribution < -0.4 is 4.74 Å². The fraction of sp³-hybridized carbons (Fsp3) is 0.222. The third-order valence-electron chi connectivity index (χ3n) is 7.66. The summed E-state index contributed by atoms with van der Waals surface area (Å²) in [5.41, 5.74) is 5.84. The fourth-order valence-corrected chi connectivity index (χ4v) is 5.26. The summed E-state index contributed by atoms with van der Waals surface area (Å²) < 4.78 is 5.58. The van der Waals surface area contributed by atoms with Crippen LogP contribution >= 0.6 is 0 Å². The number of nitrogens with one attached hydrogen (secondary N) is 1. The zero-order valence-corrected chi connectivity index (χ0v) is 24.4. The number of aromatic amines is 1. The van der Waals surface area contributed by atoms with Gasteiger partial charge in [0.2, 0.25) is 5.91 Å². The first-order chi connectivity index (χ1) is 20.4. The molecule has 0 atom stereocenters. The summed E-state index contributed by atoms with van der Waals surface area (Å²) in [6.07, 6.45) is 2.70. The van der Waals surface area contributed by atoms with Crippen molar-refractivity contribution in [3.8, 4) is 16.9 Å². The highest BCUT2D eigenvalue weighted by atomic mass is 16.5. The second kappa shape index (κ2) is 13.2. The molecule has 0 bridgehead atoms. The van der Waals surface area contributed by atoms with Crippen molar-refractivity contribution in [2.24, 2.45) is 0 Å². The molecule has 0 spiro atoms. The van der Waals surface area contributed by atoms with Crippen molar-refractivity contribution >= 4 is 22.7 Å². The molecule has 0 saturated carbocycles. The van der Waals surface area contributed by atoms with Crippen LogP contribution in [0.15, 0.2) is 109 Å². The van der Waals surface area contributed by atoms with E-state index in [1.165, 1.54) is 0 Å². The monoisotopic (exact) mass is 559 g/mol. The lowest BCUT2D eigenvalue weighted by Crippen LogP contribution is -2.46. The Morgan fingerprint density at radius 1 is 0.786 bits per heavy atom. The first kappa shape index (κ1) is 28.7. The fourth-order valence-electron chi connectivity index (χ4n) is 5.26. The predicted octanol–water partition coefficient (Wildman–Crippen LogP) is 6.97. The molecule has 1 heterocycles. The van der Waals surface area contributed by atoms with Gasteiger partial charge >= 0.3 is 0 Å². The van der Waals surface area contributed by atoms with Gasteiger partial charge in [0.05, 0.1) is 7.11 Å². The van der Waals surface area contributed by atoms with Crippen LogP contribution in [0.25, 0.3) is 22.0 Å². The van der Waals surface area contributed by atoms with Gasteiger partial charge in [-0.2, -0.15) is 0 Å². The first-order valence-electron chi connectivity index (χ1n) is 14.4. The Bertz CT molecular complexity index is 1640. The molecule has 0 saturated heterocycles. The molecule has 2 amide bonds. The van der Waals surface area contributed by atoms with Gasteiger partial charge in [0.15, 0.2) is 0 Å². The average Bonchev–Trinajstić information content (AvgIpc) is 3.45. The summed E-state index contributed by atoms with van der Waals surface area (Å²) in [7, 11) is 1.64. The third kappa shape index (κ3) is 6.55. The molecule has 1 aromatic heterocycles. The van der Waals surface area contributed by atoms with E-state index in [1.54, 1.807) is 12.0 Å². The molecular formula is C36H37N3O3. The standard InChI is InChI=1S/C36H37N3O3/c1-26(2)39(36(41)29-19-17-28(18-20-29)27-11-5-4-6-12-27)25-35(40)38(24-31-13-7-10-16-34(31)42-3)22-21-30-23-37-33-15-9-8-14-32(30)33/h4-20,23,26,37H,21-22,24-25H2,1-3H3. The molecule has 0 aliphatic heterocycles. The highest BCUT2D eigenvalue weighted by Gasteiger charge is 2.25. The Balaban J connectivity index is 1.36. The van der Waals surface area contributed by atoms with E-state index in [-0.39, 0.29) is 24.4 Å². The van der Waals surface area contributed by atoms with Crippen molar-refractivity contribution < 1.29 is 14.3 Å². The van der Waals surface area contributed by atoms with Crippen molar-refractivity contribution in [3.05, 3.63) is 126 Å². The van der Waals surface area contributed by atoms with E-state index in [1.807, 2.05) is 116 Å². The topological polar surface area (TPSA) is 65.6 Å². The molecule has 5 aromatic rings. The number of methoxy groups -OCH3 is 1. The van der Waals surface area contributed by atoms with E-state index in [0.29, 0.717) is 25.1 Å². The van der Waals surface area contributed by atoms with E-state index in [0.717, 1.165) is 38.9 Å². The van der Waals surface area contributed by atoms with E-state index in [4.69, 9.17) is 4.74 Å². The van der Waals surface area contributed by atoms with Crippen LogP contribution in [0.5, 0.6) is 5.75 Å². The maximum absolute atomic E-state index is 13.9. The van der Waals surface area contributed by atoms with Gasteiger partial charge in [0.25, 0.3) is 5.91 Å². The van der Waals surface area contributed by atoms with E-state index in [2.05, 4.69) is 17.1 Å². The van der Waals surface area contributed by atoms with Crippen LogP contribution in [0.1, 0.15) is 35.3 Å². The van der Waals surface area contributed by atoms with Gasteiger partial charge < -0.3 is 19.5 Å². The van der Waals surface area contributed by atoms with E-state index < -0.39 is 0 Å². The van der Waals surface area contributed by atoms with Gasteiger partial charge in [0, 0.05) is 47.4 Å². The average molecular weight is 560 g/mol. The predicted molar refractivity (Wildman–Crippen MR) is 168 cm³/mol. The summed E-state index contributed by atoms with van der Waals surface area (Å²) >= 11 is 0. The van der Waals surface area contributed by atoms with Crippen molar-refractivity contribution in [3.63, 3.8) is 0 Å². The number of carbonyl (C=O) groups excluding carboxylic acids is 2. The first-order valence-corrected chi connectivity index (χ1v) is 14.4. The summed E-state index contributed by atoms with van der Waals surface area (Å²) in [6, 6.07) is 33.4. The molecule has 0 aliphatic carbocycles.